The van der Waals surface area contributed by atoms with Crippen molar-refractivity contribution in [3.05, 3.63) is 50.6 Å². The second-order valence-corrected chi connectivity index (χ2v) is 5.10. The van der Waals surface area contributed by atoms with Crippen molar-refractivity contribution < 1.29 is 4.39 Å². The molecule has 0 amide bonds. The summed E-state index contributed by atoms with van der Waals surface area (Å²) in [5.41, 5.74) is 0.612. The Morgan fingerprint density at radius 1 is 1.50 bits per heavy atom. The highest BCUT2D eigenvalue weighted by Gasteiger charge is 2.18. The molecule has 0 aliphatic heterocycles. The number of aromatic nitrogens is 1. The maximum atomic E-state index is 13.8. The highest BCUT2D eigenvalue weighted by Crippen LogP contribution is 2.27. The maximum absolute atomic E-state index is 13.8. The molecule has 2 nitrogen and oxygen atoms in total. The third-order valence-electron chi connectivity index (χ3n) is 2.26. The molecule has 1 unspecified atom stereocenters. The van der Waals surface area contributed by atoms with E-state index in [2.05, 4.69) is 26.2 Å². The van der Waals surface area contributed by atoms with Crippen LogP contribution in [0.1, 0.15) is 16.6 Å². The van der Waals surface area contributed by atoms with Gasteiger partial charge in [-0.3, -0.25) is 0 Å². The summed E-state index contributed by atoms with van der Waals surface area (Å²) in [4.78, 5) is 4.20. The Bertz CT molecular complexity index is 473. The minimum Gasteiger partial charge on any atom is -0.307 e. The van der Waals surface area contributed by atoms with E-state index in [4.69, 9.17) is 0 Å². The van der Waals surface area contributed by atoms with Gasteiger partial charge in [0.1, 0.15) is 10.8 Å². The topological polar surface area (TPSA) is 24.9 Å². The van der Waals surface area contributed by atoms with Crippen LogP contribution in [0.3, 0.4) is 0 Å². The van der Waals surface area contributed by atoms with E-state index in [0.717, 1.165) is 9.48 Å². The first-order chi connectivity index (χ1) is 7.72. The number of hydrogen-bond acceptors (Lipinski definition) is 3. The average Bonchev–Trinajstić information content (AvgIpc) is 2.75. The van der Waals surface area contributed by atoms with Gasteiger partial charge in [-0.1, -0.05) is 22.0 Å². The molecule has 2 rings (SSSR count). The Morgan fingerprint density at radius 2 is 2.31 bits per heavy atom. The minimum atomic E-state index is -0.232. The Balaban J connectivity index is 2.41. The maximum Gasteiger partial charge on any atom is 0.129 e. The molecule has 1 heterocycles. The van der Waals surface area contributed by atoms with Crippen molar-refractivity contribution in [2.24, 2.45) is 0 Å². The monoisotopic (exact) mass is 300 g/mol. The number of nitrogens with zero attached hydrogens (tertiary/aromatic N) is 1. The Labute approximate surface area is 106 Å². The van der Waals surface area contributed by atoms with E-state index in [1.165, 1.54) is 17.4 Å². The van der Waals surface area contributed by atoms with Gasteiger partial charge in [-0.15, -0.1) is 11.3 Å². The van der Waals surface area contributed by atoms with Gasteiger partial charge in [0.2, 0.25) is 0 Å². The molecule has 0 aliphatic rings. The molecule has 0 fully saturated rings. The Morgan fingerprint density at radius 3 is 2.88 bits per heavy atom. The number of benzene rings is 1. The molecular weight excluding hydrogens is 291 g/mol. The van der Waals surface area contributed by atoms with Crippen LogP contribution in [-0.2, 0) is 0 Å². The Kier molecular flexibility index (Phi) is 3.68. The smallest absolute Gasteiger partial charge is 0.129 e. The van der Waals surface area contributed by atoms with E-state index >= 15 is 0 Å². The number of nitrogens with one attached hydrogen (secondary N) is 1. The molecule has 1 atom stereocenters. The molecule has 16 heavy (non-hydrogen) atoms. The lowest BCUT2D eigenvalue weighted by Crippen LogP contribution is -2.18. The largest absolute Gasteiger partial charge is 0.307 e. The lowest BCUT2D eigenvalue weighted by molar-refractivity contribution is 0.574. The van der Waals surface area contributed by atoms with Crippen molar-refractivity contribution in [3.8, 4) is 0 Å². The van der Waals surface area contributed by atoms with E-state index in [1.807, 2.05) is 11.4 Å². The molecule has 0 radical (unpaired) electrons. The minimum absolute atomic E-state index is 0.187. The summed E-state index contributed by atoms with van der Waals surface area (Å²) in [5, 5.41) is 5.82. The second-order valence-electron chi connectivity index (χ2n) is 3.26. The third kappa shape index (κ3) is 2.31. The zero-order valence-electron chi connectivity index (χ0n) is 8.58. The van der Waals surface area contributed by atoms with Crippen LogP contribution in [0, 0.1) is 5.82 Å². The van der Waals surface area contributed by atoms with Crippen LogP contribution < -0.4 is 5.32 Å². The van der Waals surface area contributed by atoms with Crippen LogP contribution in [0.4, 0.5) is 4.39 Å². The highest BCUT2D eigenvalue weighted by atomic mass is 79.9. The van der Waals surface area contributed by atoms with Crippen LogP contribution in [0.5, 0.6) is 0 Å². The van der Waals surface area contributed by atoms with Gasteiger partial charge in [-0.25, -0.2) is 9.37 Å². The second kappa shape index (κ2) is 5.03. The molecular formula is C11H10BrFN2S. The molecule has 0 bridgehead atoms. The van der Waals surface area contributed by atoms with Crippen molar-refractivity contribution in [2.75, 3.05) is 7.05 Å². The average molecular weight is 301 g/mol. The van der Waals surface area contributed by atoms with E-state index < -0.39 is 0 Å². The normalized spacial score (nSPS) is 12.7. The van der Waals surface area contributed by atoms with E-state index in [0.29, 0.717) is 5.56 Å². The van der Waals surface area contributed by atoms with Crippen molar-refractivity contribution in [1.82, 2.24) is 10.3 Å². The van der Waals surface area contributed by atoms with Crippen LogP contribution in [0.25, 0.3) is 0 Å². The van der Waals surface area contributed by atoms with Gasteiger partial charge >= 0.3 is 0 Å². The molecule has 1 N–H and O–H groups in total. The summed E-state index contributed by atoms with van der Waals surface area (Å²) in [7, 11) is 1.80. The molecule has 84 valence electrons. The summed E-state index contributed by atoms with van der Waals surface area (Å²) < 4.78 is 14.5. The molecule has 1 aromatic heterocycles. The number of hydrogen-bond donors (Lipinski definition) is 1. The number of halogens is 2. The van der Waals surface area contributed by atoms with Gasteiger partial charge in [0, 0.05) is 21.6 Å². The molecule has 0 saturated carbocycles. The molecule has 0 saturated heterocycles. The number of thiazole rings is 1. The summed E-state index contributed by atoms with van der Waals surface area (Å²) in [6.45, 7) is 0. The molecule has 0 spiro atoms. The number of rotatable bonds is 3. The lowest BCUT2D eigenvalue weighted by Gasteiger charge is -2.14. The molecule has 1 aromatic carbocycles. The van der Waals surface area contributed by atoms with E-state index in [1.54, 1.807) is 19.3 Å². The van der Waals surface area contributed by atoms with Crippen molar-refractivity contribution >= 4 is 27.3 Å². The van der Waals surface area contributed by atoms with Gasteiger partial charge in [0.25, 0.3) is 0 Å². The fraction of sp³-hybridized carbons (Fsp3) is 0.182. The van der Waals surface area contributed by atoms with Gasteiger partial charge in [0.05, 0.1) is 6.04 Å². The fourth-order valence-electron chi connectivity index (χ4n) is 1.52. The predicted molar refractivity (Wildman–Crippen MR) is 67.1 cm³/mol. The van der Waals surface area contributed by atoms with Gasteiger partial charge in [-0.2, -0.15) is 0 Å². The van der Waals surface area contributed by atoms with Crippen molar-refractivity contribution in [3.63, 3.8) is 0 Å². The summed E-state index contributed by atoms with van der Waals surface area (Å²) in [5.74, 6) is -0.232. The SMILES string of the molecule is CNC(c1nccs1)c1ccc(Br)cc1F. The summed E-state index contributed by atoms with van der Waals surface area (Å²) >= 11 is 4.75. The zero-order valence-corrected chi connectivity index (χ0v) is 11.0. The summed E-state index contributed by atoms with van der Waals surface area (Å²) in [6, 6.07) is 4.87. The first kappa shape index (κ1) is 11.7. The molecule has 0 aliphatic carbocycles. The van der Waals surface area contributed by atoms with Crippen LogP contribution in [0.2, 0.25) is 0 Å². The first-order valence-electron chi connectivity index (χ1n) is 4.74. The van der Waals surface area contributed by atoms with Crippen LogP contribution in [-0.4, -0.2) is 12.0 Å². The van der Waals surface area contributed by atoms with E-state index in [-0.39, 0.29) is 11.9 Å². The lowest BCUT2D eigenvalue weighted by atomic mass is 10.1. The predicted octanol–water partition coefficient (Wildman–Crippen LogP) is 3.35. The third-order valence-corrected chi connectivity index (χ3v) is 3.59. The highest BCUT2D eigenvalue weighted by molar-refractivity contribution is 9.10. The van der Waals surface area contributed by atoms with E-state index in [9.17, 15) is 4.39 Å². The van der Waals surface area contributed by atoms with Crippen molar-refractivity contribution in [2.45, 2.75) is 6.04 Å². The molecule has 5 heteroatoms. The van der Waals surface area contributed by atoms with Gasteiger partial charge in [0.15, 0.2) is 0 Å². The van der Waals surface area contributed by atoms with Gasteiger partial charge < -0.3 is 5.32 Å². The van der Waals surface area contributed by atoms with Crippen LogP contribution in [0.15, 0.2) is 34.2 Å². The quantitative estimate of drug-likeness (QED) is 0.940. The van der Waals surface area contributed by atoms with Crippen LogP contribution >= 0.6 is 27.3 Å². The first-order valence-corrected chi connectivity index (χ1v) is 6.41. The zero-order chi connectivity index (χ0) is 11.5. The summed E-state index contributed by atoms with van der Waals surface area (Å²) in [6.07, 6.45) is 1.72. The molecule has 2 aromatic rings. The Hall–Kier alpha value is -0.780. The standard InChI is InChI=1S/C11H10BrFN2S/c1-14-10(11-15-4-5-16-11)8-3-2-7(12)6-9(8)13/h2-6,10,14H,1H3. The van der Waals surface area contributed by atoms with Gasteiger partial charge in [-0.05, 0) is 19.2 Å². The van der Waals surface area contributed by atoms with Crippen molar-refractivity contribution in [1.29, 1.82) is 0 Å². The fourth-order valence-corrected chi connectivity index (χ4v) is 2.62.